The van der Waals surface area contributed by atoms with Gasteiger partial charge in [-0.2, -0.15) is 0 Å². The highest BCUT2D eigenvalue weighted by Gasteiger charge is 2.22. The molecule has 1 unspecified atom stereocenters. The van der Waals surface area contributed by atoms with Crippen molar-refractivity contribution in [1.82, 2.24) is 0 Å². The zero-order chi connectivity index (χ0) is 8.27. The maximum Gasteiger partial charge on any atom is 0.333 e. The Kier molecular flexibility index (Phi) is 2.69. The lowest BCUT2D eigenvalue weighted by Crippen LogP contribution is -2.24. The summed E-state index contributed by atoms with van der Waals surface area (Å²) in [5.41, 5.74) is 0.828. The topological polar surface area (TPSA) is 26.3 Å². The molecule has 0 spiro atoms. The smallest absolute Gasteiger partial charge is 0.333 e. The van der Waals surface area contributed by atoms with Crippen molar-refractivity contribution in [2.75, 3.05) is 0 Å². The molecular formula is C9H14O2. The zero-order valence-corrected chi connectivity index (χ0v) is 7.09. The minimum absolute atomic E-state index is 0.120. The third-order valence-electron chi connectivity index (χ3n) is 2.08. The van der Waals surface area contributed by atoms with Gasteiger partial charge in [0.2, 0.25) is 0 Å². The second kappa shape index (κ2) is 3.56. The van der Waals surface area contributed by atoms with E-state index in [-0.39, 0.29) is 12.1 Å². The second-order valence-corrected chi connectivity index (χ2v) is 2.79. The summed E-state index contributed by atoms with van der Waals surface area (Å²) in [6, 6.07) is 0. The highest BCUT2D eigenvalue weighted by atomic mass is 16.5. The van der Waals surface area contributed by atoms with Crippen LogP contribution >= 0.6 is 0 Å². The van der Waals surface area contributed by atoms with E-state index in [0.29, 0.717) is 0 Å². The Morgan fingerprint density at radius 3 is 2.91 bits per heavy atom. The molecule has 0 aromatic rings. The summed E-state index contributed by atoms with van der Waals surface area (Å²) in [5.74, 6) is -0.120. The number of allylic oxidation sites excluding steroid dienone is 1. The quantitative estimate of drug-likeness (QED) is 0.427. The molecule has 1 rings (SSSR count). The van der Waals surface area contributed by atoms with Gasteiger partial charge in [-0.05, 0) is 26.2 Å². The second-order valence-electron chi connectivity index (χ2n) is 2.79. The summed E-state index contributed by atoms with van der Waals surface area (Å²) in [4.78, 5) is 11.1. The molecule has 0 saturated carbocycles. The van der Waals surface area contributed by atoms with Gasteiger partial charge in [-0.3, -0.25) is 0 Å². The van der Waals surface area contributed by atoms with E-state index >= 15 is 0 Å². The highest BCUT2D eigenvalue weighted by molar-refractivity contribution is 5.89. The average Bonchev–Trinajstić information content (AvgIpc) is 2.04. The van der Waals surface area contributed by atoms with Gasteiger partial charge in [0.05, 0.1) is 0 Å². The van der Waals surface area contributed by atoms with E-state index in [0.717, 1.165) is 24.8 Å². The van der Waals surface area contributed by atoms with Gasteiger partial charge in [-0.15, -0.1) is 0 Å². The van der Waals surface area contributed by atoms with Crippen molar-refractivity contribution in [2.24, 2.45) is 0 Å². The lowest BCUT2D eigenvalue weighted by Gasteiger charge is -2.22. The first kappa shape index (κ1) is 8.31. The monoisotopic (exact) mass is 154 g/mol. The molecule has 1 fully saturated rings. The SMILES string of the molecule is C/C=C1/CCC(CC)OC1=O. The van der Waals surface area contributed by atoms with Crippen LogP contribution in [0.1, 0.15) is 33.1 Å². The van der Waals surface area contributed by atoms with Crippen LogP contribution in [-0.4, -0.2) is 12.1 Å². The first-order valence-electron chi connectivity index (χ1n) is 4.14. The predicted octanol–water partition coefficient (Wildman–Crippen LogP) is 2.05. The van der Waals surface area contributed by atoms with Gasteiger partial charge in [-0.1, -0.05) is 13.0 Å². The first-order chi connectivity index (χ1) is 5.27. The molecule has 1 atom stereocenters. The number of hydrogen-bond donors (Lipinski definition) is 0. The van der Waals surface area contributed by atoms with Gasteiger partial charge in [0, 0.05) is 5.57 Å². The molecule has 0 amide bonds. The van der Waals surface area contributed by atoms with Crippen molar-refractivity contribution in [1.29, 1.82) is 0 Å². The van der Waals surface area contributed by atoms with Crippen LogP contribution in [-0.2, 0) is 9.53 Å². The van der Waals surface area contributed by atoms with Crippen molar-refractivity contribution >= 4 is 5.97 Å². The van der Waals surface area contributed by atoms with Gasteiger partial charge < -0.3 is 4.74 Å². The van der Waals surface area contributed by atoms with Crippen LogP contribution < -0.4 is 0 Å². The largest absolute Gasteiger partial charge is 0.459 e. The molecule has 1 aliphatic rings. The van der Waals surface area contributed by atoms with E-state index in [2.05, 4.69) is 0 Å². The van der Waals surface area contributed by atoms with Crippen LogP contribution in [0.5, 0.6) is 0 Å². The summed E-state index contributed by atoms with van der Waals surface area (Å²) >= 11 is 0. The summed E-state index contributed by atoms with van der Waals surface area (Å²) in [6.45, 7) is 3.92. The van der Waals surface area contributed by atoms with E-state index in [1.165, 1.54) is 0 Å². The molecule has 0 aromatic carbocycles. The Balaban J connectivity index is 2.55. The summed E-state index contributed by atoms with van der Waals surface area (Å²) in [5, 5.41) is 0. The Labute approximate surface area is 67.2 Å². The number of ether oxygens (including phenoxy) is 1. The lowest BCUT2D eigenvalue weighted by atomic mass is 10.0. The summed E-state index contributed by atoms with van der Waals surface area (Å²) < 4.78 is 5.13. The first-order valence-corrected chi connectivity index (χ1v) is 4.14. The molecule has 11 heavy (non-hydrogen) atoms. The molecule has 2 heteroatoms. The van der Waals surface area contributed by atoms with Gasteiger partial charge in [-0.25, -0.2) is 4.79 Å². The normalized spacial score (nSPS) is 28.7. The molecule has 1 saturated heterocycles. The number of carbonyl (C=O) groups is 1. The molecule has 0 aliphatic carbocycles. The molecule has 62 valence electrons. The molecule has 2 nitrogen and oxygen atoms in total. The fourth-order valence-corrected chi connectivity index (χ4v) is 1.25. The maximum absolute atomic E-state index is 11.1. The number of carbonyl (C=O) groups excluding carboxylic acids is 1. The van der Waals surface area contributed by atoms with Crippen molar-refractivity contribution < 1.29 is 9.53 Å². The van der Waals surface area contributed by atoms with Crippen molar-refractivity contribution in [3.63, 3.8) is 0 Å². The summed E-state index contributed by atoms with van der Waals surface area (Å²) in [7, 11) is 0. The van der Waals surface area contributed by atoms with Crippen LogP contribution in [0.25, 0.3) is 0 Å². The number of cyclic esters (lactones) is 1. The van der Waals surface area contributed by atoms with Gasteiger partial charge >= 0.3 is 5.97 Å². The van der Waals surface area contributed by atoms with E-state index < -0.39 is 0 Å². The van der Waals surface area contributed by atoms with Crippen LogP contribution in [0.2, 0.25) is 0 Å². The Bertz CT molecular complexity index is 182. The van der Waals surface area contributed by atoms with Gasteiger partial charge in [0.25, 0.3) is 0 Å². The summed E-state index contributed by atoms with van der Waals surface area (Å²) in [6.07, 6.45) is 4.80. The fraction of sp³-hybridized carbons (Fsp3) is 0.667. The minimum Gasteiger partial charge on any atom is -0.459 e. The molecule has 1 heterocycles. The molecule has 0 aromatic heterocycles. The zero-order valence-electron chi connectivity index (χ0n) is 7.09. The number of rotatable bonds is 1. The van der Waals surface area contributed by atoms with Crippen molar-refractivity contribution in [3.8, 4) is 0 Å². The lowest BCUT2D eigenvalue weighted by molar-refractivity contribution is -0.147. The third kappa shape index (κ3) is 1.82. The maximum atomic E-state index is 11.1. The minimum atomic E-state index is -0.120. The van der Waals surface area contributed by atoms with Crippen LogP contribution in [0, 0.1) is 0 Å². The van der Waals surface area contributed by atoms with E-state index in [1.54, 1.807) is 0 Å². The van der Waals surface area contributed by atoms with E-state index in [9.17, 15) is 4.79 Å². The highest BCUT2D eigenvalue weighted by Crippen LogP contribution is 2.20. The van der Waals surface area contributed by atoms with Crippen LogP contribution in [0.15, 0.2) is 11.6 Å². The van der Waals surface area contributed by atoms with E-state index in [1.807, 2.05) is 19.9 Å². The Morgan fingerprint density at radius 1 is 1.73 bits per heavy atom. The Morgan fingerprint density at radius 2 is 2.45 bits per heavy atom. The Hall–Kier alpha value is -0.790. The average molecular weight is 154 g/mol. The van der Waals surface area contributed by atoms with Crippen molar-refractivity contribution in [3.05, 3.63) is 11.6 Å². The van der Waals surface area contributed by atoms with Crippen LogP contribution in [0.4, 0.5) is 0 Å². The van der Waals surface area contributed by atoms with E-state index in [4.69, 9.17) is 4.74 Å². The molecule has 1 aliphatic heterocycles. The van der Waals surface area contributed by atoms with Crippen LogP contribution in [0.3, 0.4) is 0 Å². The standard InChI is InChI=1S/C9H14O2/c1-3-7-5-6-8(4-2)11-9(7)10/h3,8H,4-6H2,1-2H3/b7-3-. The number of esters is 1. The molecule has 0 radical (unpaired) electrons. The van der Waals surface area contributed by atoms with Gasteiger partial charge in [0.15, 0.2) is 0 Å². The molecule has 0 bridgehead atoms. The molecular weight excluding hydrogens is 140 g/mol. The fourth-order valence-electron chi connectivity index (χ4n) is 1.25. The predicted molar refractivity (Wildman–Crippen MR) is 43.2 cm³/mol. The molecule has 0 N–H and O–H groups in total. The third-order valence-corrected chi connectivity index (χ3v) is 2.08. The van der Waals surface area contributed by atoms with Crippen molar-refractivity contribution in [2.45, 2.75) is 39.2 Å². The van der Waals surface area contributed by atoms with Gasteiger partial charge in [0.1, 0.15) is 6.10 Å². The number of hydrogen-bond acceptors (Lipinski definition) is 2.